The molecule has 1 atom stereocenters. The van der Waals surface area contributed by atoms with E-state index in [1.165, 1.54) is 0 Å². The van der Waals surface area contributed by atoms with Crippen molar-refractivity contribution in [1.82, 2.24) is 4.90 Å². The Kier molecular flexibility index (Phi) is 6.56. The number of aliphatic hydroxyl groups excluding tert-OH is 1. The summed E-state index contributed by atoms with van der Waals surface area (Å²) in [6, 6.07) is 2.12. The first-order valence-electron chi connectivity index (χ1n) is 4.83. The third kappa shape index (κ3) is 7.76. The van der Waals surface area contributed by atoms with Crippen molar-refractivity contribution in [3.8, 4) is 6.07 Å². The Labute approximate surface area is 81.0 Å². The van der Waals surface area contributed by atoms with E-state index in [4.69, 9.17) is 5.26 Å². The quantitative estimate of drug-likeness (QED) is 0.675. The van der Waals surface area contributed by atoms with Gasteiger partial charge >= 0.3 is 0 Å². The molecule has 0 aromatic heterocycles. The van der Waals surface area contributed by atoms with Crippen LogP contribution in [0.3, 0.4) is 0 Å². The van der Waals surface area contributed by atoms with E-state index in [0.29, 0.717) is 18.9 Å². The summed E-state index contributed by atoms with van der Waals surface area (Å²) < 4.78 is 0. The van der Waals surface area contributed by atoms with Gasteiger partial charge in [0.2, 0.25) is 0 Å². The lowest BCUT2D eigenvalue weighted by atomic mass is 10.2. The van der Waals surface area contributed by atoms with Crippen LogP contribution in [0.1, 0.15) is 27.2 Å². The van der Waals surface area contributed by atoms with Gasteiger partial charge in [0.1, 0.15) is 0 Å². The Morgan fingerprint density at radius 1 is 1.31 bits per heavy atom. The number of nitriles is 1. The minimum atomic E-state index is -0.308. The maximum Gasteiger partial charge on any atom is 0.0639 e. The molecule has 0 spiro atoms. The number of rotatable bonds is 6. The van der Waals surface area contributed by atoms with Crippen LogP contribution in [-0.4, -0.2) is 35.7 Å². The summed E-state index contributed by atoms with van der Waals surface area (Å²) in [6.45, 7) is 8.44. The first kappa shape index (κ1) is 12.4. The molecule has 1 N–H and O–H groups in total. The van der Waals surface area contributed by atoms with Gasteiger partial charge < -0.3 is 5.11 Å². The molecule has 0 saturated carbocycles. The van der Waals surface area contributed by atoms with Gasteiger partial charge in [-0.05, 0) is 12.8 Å². The molecule has 0 rings (SSSR count). The molecule has 1 unspecified atom stereocenters. The van der Waals surface area contributed by atoms with E-state index in [2.05, 4.69) is 24.8 Å². The van der Waals surface area contributed by atoms with E-state index < -0.39 is 0 Å². The maximum atomic E-state index is 9.21. The SMILES string of the molecule is CC(C)CN(CCC#N)CC(C)O. The van der Waals surface area contributed by atoms with Gasteiger partial charge in [0, 0.05) is 26.1 Å². The minimum absolute atomic E-state index is 0.308. The van der Waals surface area contributed by atoms with Gasteiger partial charge in [0.25, 0.3) is 0 Å². The van der Waals surface area contributed by atoms with Crippen molar-refractivity contribution in [2.24, 2.45) is 5.92 Å². The van der Waals surface area contributed by atoms with Crippen LogP contribution >= 0.6 is 0 Å². The molecule has 0 aliphatic heterocycles. The number of nitrogens with zero attached hydrogens (tertiary/aromatic N) is 2. The van der Waals surface area contributed by atoms with Crippen molar-refractivity contribution in [3.05, 3.63) is 0 Å². The van der Waals surface area contributed by atoms with Crippen molar-refractivity contribution in [3.63, 3.8) is 0 Å². The molecule has 0 aromatic rings. The summed E-state index contributed by atoms with van der Waals surface area (Å²) in [5.41, 5.74) is 0. The smallest absolute Gasteiger partial charge is 0.0639 e. The predicted octanol–water partition coefficient (Wildman–Crippen LogP) is 1.24. The lowest BCUT2D eigenvalue weighted by Crippen LogP contribution is -2.34. The Balaban J connectivity index is 3.81. The summed E-state index contributed by atoms with van der Waals surface area (Å²) in [5, 5.41) is 17.7. The normalized spacial score (nSPS) is 13.3. The summed E-state index contributed by atoms with van der Waals surface area (Å²) in [7, 11) is 0. The number of hydrogen-bond donors (Lipinski definition) is 1. The van der Waals surface area contributed by atoms with Gasteiger partial charge in [0.05, 0.1) is 12.2 Å². The molecule has 0 radical (unpaired) electrons. The largest absolute Gasteiger partial charge is 0.392 e. The average molecular weight is 184 g/mol. The van der Waals surface area contributed by atoms with E-state index >= 15 is 0 Å². The van der Waals surface area contributed by atoms with Gasteiger partial charge in [-0.25, -0.2) is 0 Å². The van der Waals surface area contributed by atoms with Crippen molar-refractivity contribution in [2.45, 2.75) is 33.3 Å². The van der Waals surface area contributed by atoms with E-state index in [9.17, 15) is 5.11 Å². The number of aliphatic hydroxyl groups is 1. The first-order valence-corrected chi connectivity index (χ1v) is 4.83. The Bertz CT molecular complexity index is 151. The molecular formula is C10H20N2O. The molecule has 0 aliphatic rings. The zero-order chi connectivity index (χ0) is 10.3. The van der Waals surface area contributed by atoms with E-state index in [1.54, 1.807) is 6.92 Å². The molecule has 0 amide bonds. The third-order valence-corrected chi connectivity index (χ3v) is 1.69. The van der Waals surface area contributed by atoms with Crippen LogP contribution in [-0.2, 0) is 0 Å². The molecule has 3 heteroatoms. The lowest BCUT2D eigenvalue weighted by Gasteiger charge is -2.24. The molecule has 0 heterocycles. The number of hydrogen-bond acceptors (Lipinski definition) is 3. The fraction of sp³-hybridized carbons (Fsp3) is 0.900. The van der Waals surface area contributed by atoms with Gasteiger partial charge in [-0.1, -0.05) is 13.8 Å². The molecule has 76 valence electrons. The highest BCUT2D eigenvalue weighted by molar-refractivity contribution is 4.73. The summed E-state index contributed by atoms with van der Waals surface area (Å²) in [6.07, 6.45) is 0.233. The van der Waals surface area contributed by atoms with Crippen LogP contribution in [0.25, 0.3) is 0 Å². The van der Waals surface area contributed by atoms with E-state index in [-0.39, 0.29) is 6.10 Å². The zero-order valence-electron chi connectivity index (χ0n) is 8.82. The highest BCUT2D eigenvalue weighted by Gasteiger charge is 2.09. The average Bonchev–Trinajstić information content (AvgIpc) is 1.98. The van der Waals surface area contributed by atoms with Gasteiger partial charge in [-0.3, -0.25) is 4.90 Å². The Hall–Kier alpha value is -0.590. The second-order valence-electron chi connectivity index (χ2n) is 3.91. The zero-order valence-corrected chi connectivity index (χ0v) is 8.82. The van der Waals surface area contributed by atoms with Crippen LogP contribution < -0.4 is 0 Å². The van der Waals surface area contributed by atoms with Crippen LogP contribution in [0.4, 0.5) is 0 Å². The fourth-order valence-electron chi connectivity index (χ4n) is 1.36. The van der Waals surface area contributed by atoms with Gasteiger partial charge in [0.15, 0.2) is 0 Å². The predicted molar refractivity (Wildman–Crippen MR) is 53.2 cm³/mol. The Morgan fingerprint density at radius 2 is 1.92 bits per heavy atom. The summed E-state index contributed by atoms with van der Waals surface area (Å²) in [4.78, 5) is 2.14. The molecule has 0 bridgehead atoms. The Morgan fingerprint density at radius 3 is 2.31 bits per heavy atom. The van der Waals surface area contributed by atoms with Crippen molar-refractivity contribution in [1.29, 1.82) is 5.26 Å². The fourth-order valence-corrected chi connectivity index (χ4v) is 1.36. The van der Waals surface area contributed by atoms with Crippen LogP contribution in [0.2, 0.25) is 0 Å². The molecule has 13 heavy (non-hydrogen) atoms. The summed E-state index contributed by atoms with van der Waals surface area (Å²) in [5.74, 6) is 0.581. The van der Waals surface area contributed by atoms with E-state index in [1.807, 2.05) is 0 Å². The monoisotopic (exact) mass is 184 g/mol. The molecule has 0 aromatic carbocycles. The van der Waals surface area contributed by atoms with Crippen LogP contribution in [0, 0.1) is 17.2 Å². The van der Waals surface area contributed by atoms with Crippen molar-refractivity contribution < 1.29 is 5.11 Å². The van der Waals surface area contributed by atoms with Gasteiger partial charge in [-0.15, -0.1) is 0 Å². The highest BCUT2D eigenvalue weighted by Crippen LogP contribution is 2.01. The van der Waals surface area contributed by atoms with Gasteiger partial charge in [-0.2, -0.15) is 5.26 Å². The molecule has 0 fully saturated rings. The van der Waals surface area contributed by atoms with Crippen molar-refractivity contribution in [2.75, 3.05) is 19.6 Å². The maximum absolute atomic E-state index is 9.21. The molecule has 0 saturated heterocycles. The minimum Gasteiger partial charge on any atom is -0.392 e. The molecular weight excluding hydrogens is 164 g/mol. The van der Waals surface area contributed by atoms with Crippen LogP contribution in [0.5, 0.6) is 0 Å². The van der Waals surface area contributed by atoms with Crippen molar-refractivity contribution >= 4 is 0 Å². The molecule has 3 nitrogen and oxygen atoms in total. The van der Waals surface area contributed by atoms with E-state index in [0.717, 1.165) is 13.1 Å². The lowest BCUT2D eigenvalue weighted by molar-refractivity contribution is 0.120. The second-order valence-corrected chi connectivity index (χ2v) is 3.91. The molecule has 0 aliphatic carbocycles. The van der Waals surface area contributed by atoms with Crippen LogP contribution in [0.15, 0.2) is 0 Å². The first-order chi connectivity index (χ1) is 6.06. The standard InChI is InChI=1S/C10H20N2O/c1-9(2)7-12(6-4-5-11)8-10(3)13/h9-10,13H,4,6-8H2,1-3H3. The highest BCUT2D eigenvalue weighted by atomic mass is 16.3. The second kappa shape index (κ2) is 6.88. The summed E-state index contributed by atoms with van der Waals surface area (Å²) >= 11 is 0. The third-order valence-electron chi connectivity index (χ3n) is 1.69. The topological polar surface area (TPSA) is 47.3 Å².